The fourth-order valence-electron chi connectivity index (χ4n) is 1.12. The van der Waals surface area contributed by atoms with E-state index in [2.05, 4.69) is 6.92 Å². The molecule has 9 heavy (non-hydrogen) atoms. The highest BCUT2D eigenvalue weighted by Gasteiger charge is 2.16. The van der Waals surface area contributed by atoms with Crippen LogP contribution in [0.2, 0.25) is 0 Å². The second-order valence-electron chi connectivity index (χ2n) is 2.81. The van der Waals surface area contributed by atoms with Gasteiger partial charge in [0.2, 0.25) is 0 Å². The molecule has 0 saturated heterocycles. The largest absolute Gasteiger partial charge is 0.303 e. The third-order valence-electron chi connectivity index (χ3n) is 1.80. The van der Waals surface area contributed by atoms with E-state index in [1.807, 2.05) is 0 Å². The van der Waals surface area contributed by atoms with E-state index < -0.39 is 0 Å². The summed E-state index contributed by atoms with van der Waals surface area (Å²) in [6.45, 7) is 2.14. The molecule has 0 aliphatic heterocycles. The first-order valence-corrected chi connectivity index (χ1v) is 3.35. The van der Waals surface area contributed by atoms with Gasteiger partial charge in [-0.15, -0.1) is 0 Å². The van der Waals surface area contributed by atoms with E-state index in [0.29, 0.717) is 17.3 Å². The molecule has 1 saturated carbocycles. The lowest BCUT2D eigenvalue weighted by atomic mass is 9.88. The minimum atomic E-state index is 0.549. The zero-order chi connectivity index (χ0) is 6.85. The average molecular weight is 124 g/mol. The summed E-state index contributed by atoms with van der Waals surface area (Å²) in [4.78, 5) is 0. The minimum absolute atomic E-state index is 0.549. The molecule has 0 heterocycles. The third-order valence-corrected chi connectivity index (χ3v) is 1.80. The molecule has 0 amide bonds. The fraction of sp³-hybridized carbons (Fsp3) is 0.714. The molecule has 1 aliphatic carbocycles. The molecule has 0 aromatic heterocycles. The number of nitrogens with one attached hydrogen (secondary N) is 2. The van der Waals surface area contributed by atoms with Crippen LogP contribution in [0.15, 0.2) is 0 Å². The van der Waals surface area contributed by atoms with Crippen molar-refractivity contribution >= 4 is 11.4 Å². The van der Waals surface area contributed by atoms with E-state index in [4.69, 9.17) is 10.8 Å². The standard InChI is InChI=1S/C7H12N2/c1-5-2-3-6(8)7(9)4-5/h5,8-9H,2-4H2,1H3. The maximum Gasteiger partial charge on any atom is 0.0524 e. The lowest BCUT2D eigenvalue weighted by Crippen LogP contribution is -2.21. The Bertz CT molecular complexity index is 149. The summed E-state index contributed by atoms with van der Waals surface area (Å²) >= 11 is 0. The van der Waals surface area contributed by atoms with E-state index in [0.717, 1.165) is 19.3 Å². The topological polar surface area (TPSA) is 47.7 Å². The van der Waals surface area contributed by atoms with Gasteiger partial charge in [0.1, 0.15) is 0 Å². The first-order chi connectivity index (χ1) is 4.20. The van der Waals surface area contributed by atoms with Crippen LogP contribution >= 0.6 is 0 Å². The normalized spacial score (nSPS) is 28.8. The molecular weight excluding hydrogens is 112 g/mol. The van der Waals surface area contributed by atoms with Crippen LogP contribution in [0, 0.1) is 16.7 Å². The van der Waals surface area contributed by atoms with Crippen molar-refractivity contribution in [3.63, 3.8) is 0 Å². The Balaban J connectivity index is 2.54. The monoisotopic (exact) mass is 124 g/mol. The van der Waals surface area contributed by atoms with Crippen LogP contribution in [0.25, 0.3) is 0 Å². The molecule has 0 radical (unpaired) electrons. The van der Waals surface area contributed by atoms with Crippen molar-refractivity contribution in [1.29, 1.82) is 10.8 Å². The number of hydrogen-bond donors (Lipinski definition) is 2. The quantitative estimate of drug-likeness (QED) is 0.495. The smallest absolute Gasteiger partial charge is 0.0524 e. The van der Waals surface area contributed by atoms with Crippen LogP contribution in [-0.4, -0.2) is 11.4 Å². The van der Waals surface area contributed by atoms with Gasteiger partial charge < -0.3 is 10.8 Å². The van der Waals surface area contributed by atoms with Gasteiger partial charge >= 0.3 is 0 Å². The van der Waals surface area contributed by atoms with E-state index in [-0.39, 0.29) is 0 Å². The molecule has 50 valence electrons. The van der Waals surface area contributed by atoms with Crippen LogP contribution in [-0.2, 0) is 0 Å². The predicted molar refractivity (Wildman–Crippen MR) is 38.5 cm³/mol. The van der Waals surface area contributed by atoms with Gasteiger partial charge in [0.25, 0.3) is 0 Å². The Labute approximate surface area is 55.3 Å². The summed E-state index contributed by atoms with van der Waals surface area (Å²) in [5, 5.41) is 14.6. The van der Waals surface area contributed by atoms with Crippen LogP contribution < -0.4 is 0 Å². The maximum atomic E-state index is 7.30. The molecule has 1 aliphatic rings. The van der Waals surface area contributed by atoms with Crippen molar-refractivity contribution in [2.75, 3.05) is 0 Å². The highest BCUT2D eigenvalue weighted by Crippen LogP contribution is 2.17. The summed E-state index contributed by atoms with van der Waals surface area (Å²) in [6, 6.07) is 0. The maximum absolute atomic E-state index is 7.30. The van der Waals surface area contributed by atoms with Gasteiger partial charge in [-0.05, 0) is 25.2 Å². The first kappa shape index (κ1) is 6.46. The second-order valence-corrected chi connectivity index (χ2v) is 2.81. The third kappa shape index (κ3) is 1.37. The van der Waals surface area contributed by atoms with Gasteiger partial charge in [0.15, 0.2) is 0 Å². The Morgan fingerprint density at radius 3 is 2.44 bits per heavy atom. The summed E-state index contributed by atoms with van der Waals surface area (Å²) in [7, 11) is 0. The van der Waals surface area contributed by atoms with Gasteiger partial charge in [-0.3, -0.25) is 0 Å². The average Bonchev–Trinajstić information content (AvgIpc) is 1.80. The Morgan fingerprint density at radius 2 is 2.00 bits per heavy atom. The SMILES string of the molecule is CC1CCC(=N)C(=N)C1. The first-order valence-electron chi connectivity index (χ1n) is 3.35. The van der Waals surface area contributed by atoms with Gasteiger partial charge in [0, 0.05) is 0 Å². The van der Waals surface area contributed by atoms with Crippen LogP contribution in [0.3, 0.4) is 0 Å². The molecule has 0 aromatic rings. The molecule has 1 atom stereocenters. The summed E-state index contributed by atoms with van der Waals surface area (Å²) in [5.74, 6) is 0.631. The molecule has 1 rings (SSSR count). The molecule has 0 spiro atoms. The lowest BCUT2D eigenvalue weighted by molar-refractivity contribution is 0.555. The summed E-state index contributed by atoms with van der Waals surface area (Å²) < 4.78 is 0. The molecule has 2 nitrogen and oxygen atoms in total. The lowest BCUT2D eigenvalue weighted by Gasteiger charge is -2.18. The van der Waals surface area contributed by atoms with E-state index in [1.165, 1.54) is 0 Å². The van der Waals surface area contributed by atoms with Crippen molar-refractivity contribution in [3.8, 4) is 0 Å². The van der Waals surface area contributed by atoms with Gasteiger partial charge in [-0.1, -0.05) is 6.92 Å². The highest BCUT2D eigenvalue weighted by atomic mass is 14.5. The zero-order valence-electron chi connectivity index (χ0n) is 5.70. The Morgan fingerprint density at radius 1 is 1.33 bits per heavy atom. The van der Waals surface area contributed by atoms with Crippen LogP contribution in [0.4, 0.5) is 0 Å². The van der Waals surface area contributed by atoms with Crippen molar-refractivity contribution in [1.82, 2.24) is 0 Å². The molecule has 0 aromatic carbocycles. The number of rotatable bonds is 0. The summed E-state index contributed by atoms with van der Waals surface area (Å²) in [5.41, 5.74) is 1.10. The zero-order valence-corrected chi connectivity index (χ0v) is 5.70. The van der Waals surface area contributed by atoms with Crippen LogP contribution in [0.5, 0.6) is 0 Å². The van der Waals surface area contributed by atoms with E-state index in [1.54, 1.807) is 0 Å². The van der Waals surface area contributed by atoms with Gasteiger partial charge in [-0.2, -0.15) is 0 Å². The Kier molecular flexibility index (Phi) is 1.65. The van der Waals surface area contributed by atoms with Crippen molar-refractivity contribution in [2.45, 2.75) is 26.2 Å². The second kappa shape index (κ2) is 2.29. The van der Waals surface area contributed by atoms with Gasteiger partial charge in [0.05, 0.1) is 11.4 Å². The summed E-state index contributed by atoms with van der Waals surface area (Å²) in [6.07, 6.45) is 2.74. The minimum Gasteiger partial charge on any atom is -0.303 e. The van der Waals surface area contributed by atoms with Crippen LogP contribution in [0.1, 0.15) is 26.2 Å². The Hall–Kier alpha value is -0.660. The fourth-order valence-corrected chi connectivity index (χ4v) is 1.12. The van der Waals surface area contributed by atoms with Gasteiger partial charge in [-0.25, -0.2) is 0 Å². The van der Waals surface area contributed by atoms with Crippen molar-refractivity contribution in [3.05, 3.63) is 0 Å². The van der Waals surface area contributed by atoms with E-state index >= 15 is 0 Å². The molecule has 0 bridgehead atoms. The molecular formula is C7H12N2. The van der Waals surface area contributed by atoms with Crippen molar-refractivity contribution < 1.29 is 0 Å². The molecule has 1 fully saturated rings. The highest BCUT2D eigenvalue weighted by molar-refractivity contribution is 6.40. The number of hydrogen-bond acceptors (Lipinski definition) is 2. The predicted octanol–water partition coefficient (Wildman–Crippen LogP) is 1.85. The molecule has 2 heteroatoms. The molecule has 2 N–H and O–H groups in total. The van der Waals surface area contributed by atoms with Crippen molar-refractivity contribution in [2.24, 2.45) is 5.92 Å². The molecule has 1 unspecified atom stereocenters. The van der Waals surface area contributed by atoms with E-state index in [9.17, 15) is 0 Å².